The lowest BCUT2D eigenvalue weighted by Crippen LogP contribution is -2.42. The van der Waals surface area contributed by atoms with E-state index in [4.69, 9.17) is 0 Å². The van der Waals surface area contributed by atoms with E-state index in [1.165, 1.54) is 43.6 Å². The van der Waals surface area contributed by atoms with Crippen molar-refractivity contribution in [3.63, 3.8) is 0 Å². The summed E-state index contributed by atoms with van der Waals surface area (Å²) < 4.78 is 3.38. The van der Waals surface area contributed by atoms with E-state index in [1.807, 2.05) is 11.8 Å². The lowest BCUT2D eigenvalue weighted by molar-refractivity contribution is -0.870. The molecule has 0 spiro atoms. The van der Waals surface area contributed by atoms with Gasteiger partial charge in [0, 0.05) is 29.8 Å². The van der Waals surface area contributed by atoms with Crippen LogP contribution in [0.5, 0.6) is 0 Å². The van der Waals surface area contributed by atoms with Crippen LogP contribution in [0.1, 0.15) is 12.0 Å². The molecule has 0 amide bonds. The third-order valence-corrected chi connectivity index (χ3v) is 7.91. The first-order valence-corrected chi connectivity index (χ1v) is 13.4. The van der Waals surface area contributed by atoms with E-state index in [-0.39, 0.29) is 0 Å². The Hall–Kier alpha value is -3.28. The summed E-state index contributed by atoms with van der Waals surface area (Å²) >= 11 is 1.84. The normalized spacial score (nSPS) is 14.5. The molecule has 4 aromatic rings. The molecule has 5 heteroatoms. The predicted octanol–water partition coefficient (Wildman–Crippen LogP) is 6.19. The molecule has 0 unspecified atom stereocenters. The maximum absolute atomic E-state index is 2.41. The van der Waals surface area contributed by atoms with Crippen molar-refractivity contribution in [1.29, 1.82) is 0 Å². The molecule has 2 heterocycles. The maximum atomic E-state index is 2.41. The molecule has 0 saturated carbocycles. The van der Waals surface area contributed by atoms with Crippen molar-refractivity contribution >= 4 is 40.2 Å². The highest BCUT2D eigenvalue weighted by molar-refractivity contribution is 8.03. The van der Waals surface area contributed by atoms with Crippen LogP contribution in [-0.4, -0.2) is 52.8 Å². The van der Waals surface area contributed by atoms with Crippen LogP contribution in [-0.2, 0) is 0 Å². The van der Waals surface area contributed by atoms with Crippen LogP contribution in [0.2, 0.25) is 0 Å². The van der Waals surface area contributed by atoms with Gasteiger partial charge in [0.25, 0.3) is 5.82 Å². The number of fused-ring (bicyclic) bond motifs is 2. The number of para-hydroxylation sites is 3. The lowest BCUT2D eigenvalue weighted by Gasteiger charge is -2.25. The van der Waals surface area contributed by atoms with Crippen molar-refractivity contribution in [3.8, 4) is 5.69 Å². The summed E-state index contributed by atoms with van der Waals surface area (Å²) in [6.07, 6.45) is 3.48. The van der Waals surface area contributed by atoms with Gasteiger partial charge in [0.15, 0.2) is 0 Å². The van der Waals surface area contributed by atoms with Crippen LogP contribution in [0, 0.1) is 0 Å². The van der Waals surface area contributed by atoms with Gasteiger partial charge in [-0.25, -0.2) is 0 Å². The summed E-state index contributed by atoms with van der Waals surface area (Å²) in [5, 5.41) is 2.50. The number of benzene rings is 3. The van der Waals surface area contributed by atoms with Crippen LogP contribution < -0.4 is 14.4 Å². The van der Waals surface area contributed by atoms with Gasteiger partial charge in [0.05, 0.1) is 52.0 Å². The number of aromatic nitrogens is 1. The number of anilines is 2. The van der Waals surface area contributed by atoms with Gasteiger partial charge >= 0.3 is 0 Å². The molecule has 184 valence electrons. The number of pyridine rings is 1. The molecule has 0 saturated heterocycles. The van der Waals surface area contributed by atoms with Gasteiger partial charge < -0.3 is 9.38 Å². The van der Waals surface area contributed by atoms with Crippen LogP contribution in [0.3, 0.4) is 0 Å². The fourth-order valence-corrected chi connectivity index (χ4v) is 5.95. The third kappa shape index (κ3) is 4.99. The van der Waals surface area contributed by atoms with Gasteiger partial charge in [-0.3, -0.25) is 4.90 Å². The Bertz CT molecular complexity index is 1410. The molecule has 5 rings (SSSR count). The summed E-state index contributed by atoms with van der Waals surface area (Å²) in [6.45, 7) is 2.14. The van der Waals surface area contributed by atoms with E-state index in [2.05, 4.69) is 141 Å². The zero-order valence-electron chi connectivity index (χ0n) is 22.0. The van der Waals surface area contributed by atoms with Crippen molar-refractivity contribution in [2.24, 2.45) is 0 Å². The van der Waals surface area contributed by atoms with Gasteiger partial charge in [-0.15, -0.1) is 0 Å². The monoisotopic (exact) mass is 496 g/mol. The quantitative estimate of drug-likeness (QED) is 0.223. The van der Waals surface area contributed by atoms with Gasteiger partial charge in [0.2, 0.25) is 0 Å². The van der Waals surface area contributed by atoms with Gasteiger partial charge in [-0.05, 0) is 42.0 Å². The molecular weight excluding hydrogens is 460 g/mol. The third-order valence-electron chi connectivity index (χ3n) is 6.75. The molecule has 0 bridgehead atoms. The molecule has 3 aromatic carbocycles. The van der Waals surface area contributed by atoms with Crippen LogP contribution >= 0.6 is 11.8 Å². The first kappa shape index (κ1) is 24.4. The highest BCUT2D eigenvalue weighted by Crippen LogP contribution is 2.45. The van der Waals surface area contributed by atoms with Crippen molar-refractivity contribution in [2.45, 2.75) is 11.3 Å². The Morgan fingerprint density at radius 2 is 1.61 bits per heavy atom. The zero-order valence-corrected chi connectivity index (χ0v) is 22.8. The van der Waals surface area contributed by atoms with E-state index in [9.17, 15) is 0 Å². The van der Waals surface area contributed by atoms with E-state index in [0.717, 1.165) is 24.0 Å². The Morgan fingerprint density at radius 3 is 2.36 bits per heavy atom. The molecule has 0 atom stereocenters. The topological polar surface area (TPSA) is 10.4 Å². The molecule has 0 fully saturated rings. The van der Waals surface area contributed by atoms with Crippen molar-refractivity contribution in [1.82, 2.24) is 0 Å². The highest BCUT2D eigenvalue weighted by atomic mass is 32.2. The molecule has 4 nitrogen and oxygen atoms in total. The standard InChI is InChI=1S/C31H36N4S/c1-32(20-13-21-35(3,4)5)30-22-24(23-31-33(2)28-18-11-12-19-29(28)36-31)26-16-9-10-17-27(26)34(30)25-14-7-6-8-15-25/h6-12,14-19,22-23H,13,20-21H2,1-5H3/q+2. The van der Waals surface area contributed by atoms with E-state index in [1.54, 1.807) is 0 Å². The summed E-state index contributed by atoms with van der Waals surface area (Å²) in [5.41, 5.74) is 4.91. The number of thioether (sulfide) groups is 1. The van der Waals surface area contributed by atoms with Gasteiger partial charge in [-0.2, -0.15) is 4.57 Å². The van der Waals surface area contributed by atoms with Gasteiger partial charge in [-0.1, -0.05) is 60.3 Å². The Morgan fingerprint density at radius 1 is 0.917 bits per heavy atom. The maximum Gasteiger partial charge on any atom is 0.282 e. The first-order valence-electron chi connectivity index (χ1n) is 12.6. The minimum absolute atomic E-state index is 0.978. The summed E-state index contributed by atoms with van der Waals surface area (Å²) in [4.78, 5) is 6.03. The van der Waals surface area contributed by atoms with E-state index < -0.39 is 0 Å². The van der Waals surface area contributed by atoms with E-state index in [0.29, 0.717) is 0 Å². The molecule has 1 aliphatic rings. The van der Waals surface area contributed by atoms with Crippen LogP contribution in [0.4, 0.5) is 11.5 Å². The van der Waals surface area contributed by atoms with E-state index >= 15 is 0 Å². The SMILES string of the molecule is CN(CCC[N+](C)(C)C)c1cc(C=C2Sc3ccccc3N2C)c2ccccc2[n+]1-c1ccccc1. The number of quaternary nitrogens is 1. The van der Waals surface area contributed by atoms with Crippen LogP contribution in [0.15, 0.2) is 94.9 Å². The molecule has 1 aromatic heterocycles. The summed E-state index contributed by atoms with van der Waals surface area (Å²) in [6, 6.07) is 30.5. The molecular formula is C31H36N4S+2. The molecule has 0 aliphatic carbocycles. The highest BCUT2D eigenvalue weighted by Gasteiger charge is 2.25. The first-order chi connectivity index (χ1) is 17.3. The Balaban J connectivity index is 1.64. The van der Waals surface area contributed by atoms with Gasteiger partial charge in [0.1, 0.15) is 11.2 Å². The second-order valence-corrected chi connectivity index (χ2v) is 11.6. The molecule has 1 aliphatic heterocycles. The second-order valence-electron chi connectivity index (χ2n) is 10.5. The molecule has 0 radical (unpaired) electrons. The van der Waals surface area contributed by atoms with Crippen molar-refractivity contribution in [3.05, 3.63) is 95.5 Å². The predicted molar refractivity (Wildman–Crippen MR) is 155 cm³/mol. The summed E-state index contributed by atoms with van der Waals surface area (Å²) in [7, 11) is 11.2. The average molecular weight is 497 g/mol. The lowest BCUT2D eigenvalue weighted by atomic mass is 10.1. The fraction of sp³-hybridized carbons (Fsp3) is 0.258. The van der Waals surface area contributed by atoms with Crippen molar-refractivity contribution < 1.29 is 9.05 Å². The summed E-state index contributed by atoms with van der Waals surface area (Å²) in [5.74, 6) is 1.20. The molecule has 0 N–H and O–H groups in total. The van der Waals surface area contributed by atoms with Crippen molar-refractivity contribution in [2.75, 3.05) is 58.1 Å². The number of hydrogen-bond acceptors (Lipinski definition) is 3. The minimum atomic E-state index is 0.978. The number of hydrogen-bond donors (Lipinski definition) is 0. The second kappa shape index (κ2) is 10.00. The van der Waals surface area contributed by atoms with Crippen LogP contribution in [0.25, 0.3) is 22.7 Å². The Kier molecular flexibility index (Phi) is 6.78. The average Bonchev–Trinajstić information content (AvgIpc) is 3.18. The molecule has 36 heavy (non-hydrogen) atoms. The zero-order chi connectivity index (χ0) is 25.3. The number of nitrogens with zero attached hydrogens (tertiary/aromatic N) is 4. The fourth-order valence-electron chi connectivity index (χ4n) is 4.84. The minimum Gasteiger partial charge on any atom is -0.338 e. The smallest absolute Gasteiger partial charge is 0.282 e. The number of rotatable bonds is 7. The largest absolute Gasteiger partial charge is 0.338 e. The Labute approximate surface area is 219 Å².